The molecule has 0 unspecified atom stereocenters. The predicted octanol–water partition coefficient (Wildman–Crippen LogP) is 3.15. The molecule has 1 aromatic rings. The van der Waals surface area contributed by atoms with Crippen molar-refractivity contribution in [1.82, 2.24) is 0 Å². The molecule has 0 spiro atoms. The number of carboxylic acids is 1. The van der Waals surface area contributed by atoms with Gasteiger partial charge in [-0.2, -0.15) is 0 Å². The monoisotopic (exact) mass is 221 g/mol. The standard InChI is InChI=1S/C13H19NO2/c1-9-6-5-7-10(11(9)12(15)16)14-8-13(2,3)4/h5-7,14H,8H2,1-4H3,(H,15,16). The van der Waals surface area contributed by atoms with Gasteiger partial charge in [-0.3, -0.25) is 0 Å². The first-order valence-corrected chi connectivity index (χ1v) is 5.38. The molecule has 0 aliphatic heterocycles. The minimum Gasteiger partial charge on any atom is -0.478 e. The second kappa shape index (κ2) is 4.56. The number of aryl methyl sites for hydroxylation is 1. The molecule has 1 aromatic carbocycles. The Kier molecular flexibility index (Phi) is 3.58. The Balaban J connectivity index is 2.96. The summed E-state index contributed by atoms with van der Waals surface area (Å²) in [5.74, 6) is -0.880. The zero-order valence-corrected chi connectivity index (χ0v) is 10.3. The largest absolute Gasteiger partial charge is 0.478 e. The van der Waals surface area contributed by atoms with E-state index in [0.29, 0.717) is 11.3 Å². The van der Waals surface area contributed by atoms with Gasteiger partial charge < -0.3 is 10.4 Å². The average molecular weight is 221 g/mol. The van der Waals surface area contributed by atoms with Crippen LogP contribution in [0.2, 0.25) is 0 Å². The minimum absolute atomic E-state index is 0.125. The molecule has 16 heavy (non-hydrogen) atoms. The molecule has 0 fully saturated rings. The maximum absolute atomic E-state index is 11.1. The van der Waals surface area contributed by atoms with Crippen molar-refractivity contribution < 1.29 is 9.90 Å². The Hall–Kier alpha value is -1.51. The summed E-state index contributed by atoms with van der Waals surface area (Å²) in [6.07, 6.45) is 0. The summed E-state index contributed by atoms with van der Waals surface area (Å²) in [4.78, 5) is 11.1. The van der Waals surface area contributed by atoms with Crippen LogP contribution in [0.5, 0.6) is 0 Å². The van der Waals surface area contributed by atoms with Crippen molar-refractivity contribution in [3.63, 3.8) is 0 Å². The number of anilines is 1. The van der Waals surface area contributed by atoms with E-state index in [2.05, 4.69) is 26.1 Å². The molecule has 0 saturated carbocycles. The molecule has 0 aliphatic carbocycles. The molecule has 0 aromatic heterocycles. The second-order valence-electron chi connectivity index (χ2n) is 5.22. The number of aromatic carboxylic acids is 1. The predicted molar refractivity (Wildman–Crippen MR) is 66.1 cm³/mol. The first-order valence-electron chi connectivity index (χ1n) is 5.38. The highest BCUT2D eigenvalue weighted by molar-refractivity contribution is 5.95. The highest BCUT2D eigenvalue weighted by Crippen LogP contribution is 2.21. The summed E-state index contributed by atoms with van der Waals surface area (Å²) < 4.78 is 0. The van der Waals surface area contributed by atoms with Gasteiger partial charge in [0.1, 0.15) is 0 Å². The Morgan fingerprint density at radius 2 is 2.00 bits per heavy atom. The molecule has 0 atom stereocenters. The number of benzene rings is 1. The highest BCUT2D eigenvalue weighted by atomic mass is 16.4. The molecular weight excluding hydrogens is 202 g/mol. The molecule has 0 amide bonds. The molecule has 0 aliphatic rings. The molecular formula is C13H19NO2. The highest BCUT2D eigenvalue weighted by Gasteiger charge is 2.15. The Bertz CT molecular complexity index is 391. The maximum atomic E-state index is 11.1. The Morgan fingerprint density at radius 3 is 2.50 bits per heavy atom. The lowest BCUT2D eigenvalue weighted by Gasteiger charge is -2.21. The van der Waals surface area contributed by atoms with E-state index in [1.807, 2.05) is 25.1 Å². The van der Waals surface area contributed by atoms with E-state index in [9.17, 15) is 4.79 Å². The van der Waals surface area contributed by atoms with Crippen LogP contribution in [0.1, 0.15) is 36.7 Å². The van der Waals surface area contributed by atoms with E-state index < -0.39 is 5.97 Å². The van der Waals surface area contributed by atoms with Gasteiger partial charge in [-0.15, -0.1) is 0 Å². The summed E-state index contributed by atoms with van der Waals surface area (Å²) in [5.41, 5.74) is 1.97. The number of carboxylic acid groups (broad SMARTS) is 1. The molecule has 88 valence electrons. The van der Waals surface area contributed by atoms with Gasteiger partial charge in [0.05, 0.1) is 5.56 Å². The van der Waals surface area contributed by atoms with Gasteiger partial charge in [0, 0.05) is 12.2 Å². The normalized spacial score (nSPS) is 11.2. The van der Waals surface area contributed by atoms with Gasteiger partial charge in [0.15, 0.2) is 0 Å². The van der Waals surface area contributed by atoms with Gasteiger partial charge in [-0.25, -0.2) is 4.79 Å². The lowest BCUT2D eigenvalue weighted by molar-refractivity contribution is 0.0697. The van der Waals surface area contributed by atoms with Gasteiger partial charge in [-0.1, -0.05) is 32.9 Å². The van der Waals surface area contributed by atoms with Crippen molar-refractivity contribution >= 4 is 11.7 Å². The Morgan fingerprint density at radius 1 is 1.38 bits per heavy atom. The van der Waals surface area contributed by atoms with Crippen LogP contribution in [0.3, 0.4) is 0 Å². The van der Waals surface area contributed by atoms with Crippen molar-refractivity contribution in [1.29, 1.82) is 0 Å². The van der Waals surface area contributed by atoms with Gasteiger partial charge in [0.25, 0.3) is 0 Å². The summed E-state index contributed by atoms with van der Waals surface area (Å²) in [6.45, 7) is 8.88. The van der Waals surface area contributed by atoms with E-state index in [4.69, 9.17) is 5.11 Å². The first-order chi connectivity index (χ1) is 7.31. The molecule has 0 saturated heterocycles. The number of rotatable bonds is 3. The van der Waals surface area contributed by atoms with Crippen LogP contribution in [-0.4, -0.2) is 17.6 Å². The third-order valence-corrected chi connectivity index (χ3v) is 2.30. The van der Waals surface area contributed by atoms with Crippen molar-refractivity contribution in [2.24, 2.45) is 5.41 Å². The van der Waals surface area contributed by atoms with Crippen LogP contribution < -0.4 is 5.32 Å². The zero-order chi connectivity index (χ0) is 12.3. The van der Waals surface area contributed by atoms with Crippen molar-refractivity contribution in [3.8, 4) is 0 Å². The third-order valence-electron chi connectivity index (χ3n) is 2.30. The summed E-state index contributed by atoms with van der Waals surface area (Å²) in [6, 6.07) is 5.49. The lowest BCUT2D eigenvalue weighted by Crippen LogP contribution is -2.20. The summed E-state index contributed by atoms with van der Waals surface area (Å²) in [5, 5.41) is 12.3. The summed E-state index contributed by atoms with van der Waals surface area (Å²) in [7, 11) is 0. The zero-order valence-electron chi connectivity index (χ0n) is 10.3. The average Bonchev–Trinajstić information content (AvgIpc) is 2.12. The molecule has 0 heterocycles. The fraction of sp³-hybridized carbons (Fsp3) is 0.462. The number of hydrogen-bond acceptors (Lipinski definition) is 2. The fourth-order valence-electron chi connectivity index (χ4n) is 1.46. The van der Waals surface area contributed by atoms with Gasteiger partial charge in [-0.05, 0) is 24.0 Å². The molecule has 1 rings (SSSR count). The quantitative estimate of drug-likeness (QED) is 0.824. The van der Waals surface area contributed by atoms with Crippen LogP contribution in [0.25, 0.3) is 0 Å². The van der Waals surface area contributed by atoms with Crippen LogP contribution in [-0.2, 0) is 0 Å². The second-order valence-corrected chi connectivity index (χ2v) is 5.22. The van der Waals surface area contributed by atoms with Crippen molar-refractivity contribution in [2.45, 2.75) is 27.7 Å². The van der Waals surface area contributed by atoms with Crippen molar-refractivity contribution in [3.05, 3.63) is 29.3 Å². The fourth-order valence-corrected chi connectivity index (χ4v) is 1.46. The first kappa shape index (κ1) is 12.6. The Labute approximate surface area is 96.5 Å². The van der Waals surface area contributed by atoms with Crippen molar-refractivity contribution in [2.75, 3.05) is 11.9 Å². The van der Waals surface area contributed by atoms with Crippen LogP contribution >= 0.6 is 0 Å². The van der Waals surface area contributed by atoms with Crippen LogP contribution in [0.4, 0.5) is 5.69 Å². The van der Waals surface area contributed by atoms with E-state index in [0.717, 1.165) is 12.1 Å². The van der Waals surface area contributed by atoms with E-state index >= 15 is 0 Å². The molecule has 3 nitrogen and oxygen atoms in total. The SMILES string of the molecule is Cc1cccc(NCC(C)(C)C)c1C(=O)O. The number of nitrogens with one attached hydrogen (secondary N) is 1. The molecule has 0 bridgehead atoms. The molecule has 2 N–H and O–H groups in total. The minimum atomic E-state index is -0.880. The van der Waals surface area contributed by atoms with Crippen LogP contribution in [0, 0.1) is 12.3 Å². The smallest absolute Gasteiger partial charge is 0.338 e. The van der Waals surface area contributed by atoms with E-state index in [1.165, 1.54) is 0 Å². The van der Waals surface area contributed by atoms with Crippen LogP contribution in [0.15, 0.2) is 18.2 Å². The number of hydrogen-bond donors (Lipinski definition) is 2. The molecule has 0 radical (unpaired) electrons. The molecule has 3 heteroatoms. The van der Waals surface area contributed by atoms with E-state index in [1.54, 1.807) is 0 Å². The van der Waals surface area contributed by atoms with E-state index in [-0.39, 0.29) is 5.41 Å². The number of carbonyl (C=O) groups is 1. The lowest BCUT2D eigenvalue weighted by atomic mass is 9.96. The third kappa shape index (κ3) is 3.26. The summed E-state index contributed by atoms with van der Waals surface area (Å²) >= 11 is 0. The van der Waals surface area contributed by atoms with Gasteiger partial charge >= 0.3 is 5.97 Å². The maximum Gasteiger partial charge on any atom is 0.338 e. The van der Waals surface area contributed by atoms with Gasteiger partial charge in [0.2, 0.25) is 0 Å². The topological polar surface area (TPSA) is 49.3 Å².